The van der Waals surface area contributed by atoms with Crippen LogP contribution in [-0.4, -0.2) is 28.3 Å². The molecule has 1 saturated carbocycles. The summed E-state index contributed by atoms with van der Waals surface area (Å²) >= 11 is 0. The van der Waals surface area contributed by atoms with Crippen molar-refractivity contribution < 1.29 is 19.6 Å². The Kier molecular flexibility index (Phi) is 6.45. The zero-order valence-corrected chi connectivity index (χ0v) is 11.0. The second-order valence-electron chi connectivity index (χ2n) is 5.23. The lowest BCUT2D eigenvalue weighted by Crippen LogP contribution is -2.21. The first kappa shape index (κ1) is 15.6. The topological polar surface area (TPSA) is 97.5 Å². The molecule has 1 N–H and O–H groups in total. The van der Waals surface area contributed by atoms with E-state index in [1.165, 1.54) is 0 Å². The third kappa shape index (κ3) is 5.81. The number of hydrogen-bond donors (Lipinski definition) is 1. The summed E-state index contributed by atoms with van der Waals surface area (Å²) < 4.78 is 0. The van der Waals surface area contributed by atoms with Crippen molar-refractivity contribution in [3.8, 4) is 0 Å². The van der Waals surface area contributed by atoms with Gasteiger partial charge in [0, 0.05) is 29.6 Å². The summed E-state index contributed by atoms with van der Waals surface area (Å²) in [6.07, 6.45) is 5.26. The van der Waals surface area contributed by atoms with E-state index in [2.05, 4.69) is 0 Å². The fourth-order valence-electron chi connectivity index (χ4n) is 2.78. The number of nitro groups is 1. The molecule has 2 unspecified atom stereocenters. The van der Waals surface area contributed by atoms with Crippen LogP contribution in [0.25, 0.3) is 0 Å². The maximum atomic E-state index is 11.7. The van der Waals surface area contributed by atoms with Crippen molar-refractivity contribution in [1.29, 1.82) is 0 Å². The number of carboxylic acids is 1. The lowest BCUT2D eigenvalue weighted by Gasteiger charge is -2.14. The summed E-state index contributed by atoms with van der Waals surface area (Å²) in [7, 11) is 0. The first-order valence-corrected chi connectivity index (χ1v) is 6.87. The largest absolute Gasteiger partial charge is 0.481 e. The smallest absolute Gasteiger partial charge is 0.303 e. The summed E-state index contributed by atoms with van der Waals surface area (Å²) in [4.78, 5) is 32.2. The fraction of sp³-hybridized carbons (Fsp3) is 0.846. The molecule has 1 rings (SSSR count). The number of Topliss-reactive ketones (excluding diaryl/α,β-unsaturated/α-hetero) is 1. The Morgan fingerprint density at radius 1 is 1.32 bits per heavy atom. The standard InChI is InChI=1S/C13H21NO5/c15-12-8-7-10(9-14(18)19)11(12)5-3-1-2-4-6-13(16)17/h10-11H,1-9H2,(H,16,17). The lowest BCUT2D eigenvalue weighted by molar-refractivity contribution is -0.489. The molecule has 19 heavy (non-hydrogen) atoms. The number of ketones is 1. The van der Waals surface area contributed by atoms with E-state index in [-0.39, 0.29) is 35.5 Å². The lowest BCUT2D eigenvalue weighted by atomic mass is 9.90. The van der Waals surface area contributed by atoms with Crippen molar-refractivity contribution in [2.45, 2.75) is 51.4 Å². The highest BCUT2D eigenvalue weighted by Crippen LogP contribution is 2.32. The third-order valence-corrected chi connectivity index (χ3v) is 3.78. The molecule has 6 heteroatoms. The molecular weight excluding hydrogens is 250 g/mol. The molecular formula is C13H21NO5. The molecule has 0 aromatic heterocycles. The summed E-state index contributed by atoms with van der Waals surface area (Å²) in [6, 6.07) is 0. The number of carbonyl (C=O) groups excluding carboxylic acids is 1. The molecule has 1 aliphatic carbocycles. The van der Waals surface area contributed by atoms with Crippen LogP contribution >= 0.6 is 0 Å². The number of carbonyl (C=O) groups is 2. The number of carboxylic acid groups (broad SMARTS) is 1. The molecule has 0 spiro atoms. The minimum atomic E-state index is -0.781. The average molecular weight is 271 g/mol. The highest BCUT2D eigenvalue weighted by molar-refractivity contribution is 5.83. The van der Waals surface area contributed by atoms with Gasteiger partial charge in [0.1, 0.15) is 5.78 Å². The highest BCUT2D eigenvalue weighted by atomic mass is 16.6. The van der Waals surface area contributed by atoms with Crippen LogP contribution in [0.1, 0.15) is 51.4 Å². The van der Waals surface area contributed by atoms with Gasteiger partial charge in [-0.1, -0.05) is 19.3 Å². The molecule has 0 radical (unpaired) electrons. The van der Waals surface area contributed by atoms with E-state index in [1.54, 1.807) is 0 Å². The molecule has 0 heterocycles. The van der Waals surface area contributed by atoms with Crippen molar-refractivity contribution in [3.63, 3.8) is 0 Å². The van der Waals surface area contributed by atoms with Crippen molar-refractivity contribution in [2.24, 2.45) is 11.8 Å². The van der Waals surface area contributed by atoms with Crippen molar-refractivity contribution >= 4 is 11.8 Å². The Balaban J connectivity index is 2.20. The van der Waals surface area contributed by atoms with Gasteiger partial charge in [0.25, 0.3) is 0 Å². The van der Waals surface area contributed by atoms with E-state index in [4.69, 9.17) is 5.11 Å². The van der Waals surface area contributed by atoms with E-state index < -0.39 is 5.97 Å². The normalized spacial score (nSPS) is 22.6. The molecule has 6 nitrogen and oxygen atoms in total. The average Bonchev–Trinajstić information content (AvgIpc) is 2.64. The minimum absolute atomic E-state index is 0.0958. The number of aliphatic carboxylic acids is 1. The van der Waals surface area contributed by atoms with Crippen LogP contribution in [0, 0.1) is 22.0 Å². The molecule has 1 aliphatic rings. The summed E-state index contributed by atoms with van der Waals surface area (Å²) in [5, 5.41) is 19.0. The molecule has 0 bridgehead atoms. The van der Waals surface area contributed by atoms with Gasteiger partial charge in [-0.2, -0.15) is 0 Å². The number of unbranched alkanes of at least 4 members (excludes halogenated alkanes) is 3. The van der Waals surface area contributed by atoms with Gasteiger partial charge in [-0.25, -0.2) is 0 Å². The molecule has 0 aromatic carbocycles. The van der Waals surface area contributed by atoms with E-state index in [0.717, 1.165) is 19.3 Å². The van der Waals surface area contributed by atoms with Crippen LogP contribution in [-0.2, 0) is 9.59 Å². The Morgan fingerprint density at radius 2 is 2.00 bits per heavy atom. The van der Waals surface area contributed by atoms with Gasteiger partial charge < -0.3 is 5.11 Å². The number of nitrogens with zero attached hydrogens (tertiary/aromatic N) is 1. The van der Waals surface area contributed by atoms with E-state index in [0.29, 0.717) is 25.7 Å². The van der Waals surface area contributed by atoms with E-state index >= 15 is 0 Å². The van der Waals surface area contributed by atoms with Crippen LogP contribution in [0.4, 0.5) is 0 Å². The molecule has 108 valence electrons. The minimum Gasteiger partial charge on any atom is -0.481 e. The summed E-state index contributed by atoms with van der Waals surface area (Å²) in [5.74, 6) is -0.860. The maximum absolute atomic E-state index is 11.7. The Morgan fingerprint density at radius 3 is 2.63 bits per heavy atom. The van der Waals surface area contributed by atoms with Gasteiger partial charge in [-0.15, -0.1) is 0 Å². The van der Waals surface area contributed by atoms with Gasteiger partial charge in [-0.05, 0) is 19.3 Å². The second kappa shape index (κ2) is 7.86. The number of hydrogen-bond acceptors (Lipinski definition) is 4. The predicted octanol–water partition coefficient (Wildman–Crippen LogP) is 2.28. The van der Waals surface area contributed by atoms with Crippen LogP contribution in [0.3, 0.4) is 0 Å². The van der Waals surface area contributed by atoms with Crippen LogP contribution < -0.4 is 0 Å². The second-order valence-corrected chi connectivity index (χ2v) is 5.23. The van der Waals surface area contributed by atoms with Crippen molar-refractivity contribution in [3.05, 3.63) is 10.1 Å². The quantitative estimate of drug-likeness (QED) is 0.394. The van der Waals surface area contributed by atoms with Gasteiger partial charge in [0.15, 0.2) is 0 Å². The zero-order valence-electron chi connectivity index (χ0n) is 11.0. The van der Waals surface area contributed by atoms with Crippen LogP contribution in [0.2, 0.25) is 0 Å². The Labute approximate surface area is 112 Å². The first-order chi connectivity index (χ1) is 9.00. The third-order valence-electron chi connectivity index (χ3n) is 3.78. The zero-order chi connectivity index (χ0) is 14.3. The molecule has 0 amide bonds. The maximum Gasteiger partial charge on any atom is 0.303 e. The Hall–Kier alpha value is -1.46. The van der Waals surface area contributed by atoms with Crippen molar-refractivity contribution in [1.82, 2.24) is 0 Å². The molecule has 1 fully saturated rings. The molecule has 0 aromatic rings. The van der Waals surface area contributed by atoms with Crippen LogP contribution in [0.15, 0.2) is 0 Å². The van der Waals surface area contributed by atoms with Crippen molar-refractivity contribution in [2.75, 3.05) is 6.54 Å². The summed E-state index contributed by atoms with van der Waals surface area (Å²) in [6.45, 7) is -0.102. The first-order valence-electron chi connectivity index (χ1n) is 6.87. The SMILES string of the molecule is O=C(O)CCCCCCC1C(=O)CCC1C[N+](=O)[O-]. The highest BCUT2D eigenvalue weighted by Gasteiger charge is 2.36. The van der Waals surface area contributed by atoms with Gasteiger partial charge in [0.05, 0.1) is 0 Å². The number of rotatable bonds is 9. The monoisotopic (exact) mass is 271 g/mol. The molecule has 0 saturated heterocycles. The van der Waals surface area contributed by atoms with Crippen LogP contribution in [0.5, 0.6) is 0 Å². The molecule has 0 aliphatic heterocycles. The fourth-order valence-corrected chi connectivity index (χ4v) is 2.78. The van der Waals surface area contributed by atoms with E-state index in [1.807, 2.05) is 0 Å². The van der Waals surface area contributed by atoms with Gasteiger partial charge in [0.2, 0.25) is 6.54 Å². The van der Waals surface area contributed by atoms with Gasteiger partial charge in [-0.3, -0.25) is 19.7 Å². The predicted molar refractivity (Wildman–Crippen MR) is 68.4 cm³/mol. The summed E-state index contributed by atoms with van der Waals surface area (Å²) in [5.41, 5.74) is 0. The Bertz CT molecular complexity index is 342. The molecule has 2 atom stereocenters. The van der Waals surface area contributed by atoms with E-state index in [9.17, 15) is 19.7 Å². The van der Waals surface area contributed by atoms with Gasteiger partial charge >= 0.3 is 5.97 Å².